The average molecular weight is 418 g/mol. The lowest BCUT2D eigenvalue weighted by molar-refractivity contribution is 0.285. The van der Waals surface area contributed by atoms with Gasteiger partial charge in [-0.3, -0.25) is 4.98 Å². The van der Waals surface area contributed by atoms with Crippen LogP contribution in [0.3, 0.4) is 0 Å². The van der Waals surface area contributed by atoms with Crippen molar-refractivity contribution in [3.05, 3.63) is 47.7 Å². The number of ether oxygens (including phenoxy) is 1. The summed E-state index contributed by atoms with van der Waals surface area (Å²) in [6.45, 7) is 4.76. The zero-order chi connectivity index (χ0) is 21.6. The fourth-order valence-corrected chi connectivity index (χ4v) is 3.57. The molecule has 166 valence electrons. The van der Waals surface area contributed by atoms with Crippen molar-refractivity contribution < 1.29 is 13.5 Å². The second kappa shape index (κ2) is 14.1. The predicted octanol–water partition coefficient (Wildman–Crippen LogP) is 8.28. The van der Waals surface area contributed by atoms with Gasteiger partial charge in [-0.15, -0.1) is 0 Å². The Balaban J connectivity index is 1.85. The molecule has 0 bridgehead atoms. The zero-order valence-electron chi connectivity index (χ0n) is 18.7. The number of hydrogen-bond donors (Lipinski definition) is 0. The van der Waals surface area contributed by atoms with E-state index in [1.54, 1.807) is 18.3 Å². The Morgan fingerprint density at radius 2 is 1.40 bits per heavy atom. The Kier molecular flexibility index (Phi) is 11.4. The molecule has 4 heteroatoms. The van der Waals surface area contributed by atoms with Crippen LogP contribution in [0.4, 0.5) is 8.78 Å². The third-order valence-corrected chi connectivity index (χ3v) is 5.47. The van der Waals surface area contributed by atoms with Crippen molar-refractivity contribution in [3.8, 4) is 17.0 Å². The Labute approximate surface area is 181 Å². The van der Waals surface area contributed by atoms with Crippen LogP contribution in [0.1, 0.15) is 90.0 Å². The second-order valence-electron chi connectivity index (χ2n) is 8.07. The molecule has 0 N–H and O–H groups in total. The zero-order valence-corrected chi connectivity index (χ0v) is 18.7. The minimum atomic E-state index is -0.933. The first-order valence-electron chi connectivity index (χ1n) is 11.7. The van der Waals surface area contributed by atoms with Crippen LogP contribution in [0.15, 0.2) is 30.5 Å². The monoisotopic (exact) mass is 417 g/mol. The van der Waals surface area contributed by atoms with Gasteiger partial charge >= 0.3 is 0 Å². The highest BCUT2D eigenvalue weighted by Crippen LogP contribution is 2.29. The number of nitrogens with zero attached hydrogens (tertiary/aromatic N) is 1. The van der Waals surface area contributed by atoms with Crippen molar-refractivity contribution in [2.75, 3.05) is 6.61 Å². The Morgan fingerprint density at radius 3 is 2.07 bits per heavy atom. The maximum absolute atomic E-state index is 14.6. The highest BCUT2D eigenvalue weighted by Gasteiger charge is 2.16. The maximum atomic E-state index is 14.6. The van der Waals surface area contributed by atoms with Gasteiger partial charge in [-0.05, 0) is 43.0 Å². The number of pyridine rings is 1. The van der Waals surface area contributed by atoms with E-state index in [0.29, 0.717) is 12.3 Å². The minimum absolute atomic E-state index is 0.0247. The molecule has 1 aromatic carbocycles. The Morgan fingerprint density at radius 1 is 0.733 bits per heavy atom. The Hall–Kier alpha value is -1.97. The molecule has 0 unspecified atom stereocenters. The number of rotatable bonds is 15. The van der Waals surface area contributed by atoms with Crippen molar-refractivity contribution in [1.29, 1.82) is 0 Å². The van der Waals surface area contributed by atoms with E-state index in [-0.39, 0.29) is 11.3 Å². The molecule has 0 saturated heterocycles. The summed E-state index contributed by atoms with van der Waals surface area (Å²) < 4.78 is 34.4. The fraction of sp³-hybridized carbons (Fsp3) is 0.577. The molecule has 0 radical (unpaired) electrons. The van der Waals surface area contributed by atoms with Gasteiger partial charge in [0.25, 0.3) is 0 Å². The van der Waals surface area contributed by atoms with E-state index in [9.17, 15) is 8.78 Å². The number of halogens is 2. The van der Waals surface area contributed by atoms with Gasteiger partial charge in [0.2, 0.25) is 5.82 Å². The third kappa shape index (κ3) is 8.04. The SMILES string of the molecule is CCCCCCCCCc1ccc(-c2ccc(OCCCCCC)c(F)c2F)nc1. The summed E-state index contributed by atoms with van der Waals surface area (Å²) in [5.41, 5.74) is 1.76. The number of aryl methyl sites for hydroxylation is 1. The van der Waals surface area contributed by atoms with E-state index in [2.05, 4.69) is 18.8 Å². The Bertz CT molecular complexity index is 731. The summed E-state index contributed by atoms with van der Waals surface area (Å²) in [7, 11) is 0. The first kappa shape index (κ1) is 24.3. The number of aromatic nitrogens is 1. The summed E-state index contributed by atoms with van der Waals surface area (Å²) in [6.07, 6.45) is 15.8. The molecule has 30 heavy (non-hydrogen) atoms. The lowest BCUT2D eigenvalue weighted by Gasteiger charge is -2.10. The molecule has 1 heterocycles. The lowest BCUT2D eigenvalue weighted by Crippen LogP contribution is -2.02. The third-order valence-electron chi connectivity index (χ3n) is 5.47. The number of unbranched alkanes of at least 4 members (excludes halogenated alkanes) is 9. The van der Waals surface area contributed by atoms with Crippen LogP contribution in [0, 0.1) is 11.6 Å². The topological polar surface area (TPSA) is 22.1 Å². The molecular weight excluding hydrogens is 380 g/mol. The van der Waals surface area contributed by atoms with Gasteiger partial charge in [-0.2, -0.15) is 4.39 Å². The largest absolute Gasteiger partial charge is 0.490 e. The standard InChI is InChI=1S/C26H37F2NO/c1-3-5-7-9-10-11-12-14-21-15-17-23(29-20-21)22-16-18-24(26(28)25(22)27)30-19-13-8-6-4-2/h15-18,20H,3-14,19H2,1-2H3. The molecule has 0 aliphatic rings. The van der Waals surface area contributed by atoms with Gasteiger partial charge in [0.15, 0.2) is 11.6 Å². The first-order chi connectivity index (χ1) is 14.7. The quantitative estimate of drug-likeness (QED) is 0.272. The number of benzene rings is 1. The van der Waals surface area contributed by atoms with E-state index >= 15 is 0 Å². The van der Waals surface area contributed by atoms with Crippen molar-refractivity contribution in [2.45, 2.75) is 90.9 Å². The molecule has 2 rings (SSSR count). The van der Waals surface area contributed by atoms with Gasteiger partial charge in [0.1, 0.15) is 0 Å². The smallest absolute Gasteiger partial charge is 0.201 e. The van der Waals surface area contributed by atoms with Crippen molar-refractivity contribution in [3.63, 3.8) is 0 Å². The van der Waals surface area contributed by atoms with Crippen LogP contribution in [-0.2, 0) is 6.42 Å². The lowest BCUT2D eigenvalue weighted by atomic mass is 10.0. The molecule has 0 aliphatic carbocycles. The summed E-state index contributed by atoms with van der Waals surface area (Å²) in [5.74, 6) is -1.85. The van der Waals surface area contributed by atoms with E-state index in [0.717, 1.165) is 44.1 Å². The van der Waals surface area contributed by atoms with Gasteiger partial charge in [0.05, 0.1) is 12.3 Å². The number of hydrogen-bond acceptors (Lipinski definition) is 2. The summed E-state index contributed by atoms with van der Waals surface area (Å²) in [4.78, 5) is 4.37. The van der Waals surface area contributed by atoms with Gasteiger partial charge in [0, 0.05) is 11.8 Å². The molecule has 1 aromatic heterocycles. The highest BCUT2D eigenvalue weighted by atomic mass is 19.2. The molecule has 2 nitrogen and oxygen atoms in total. The normalized spacial score (nSPS) is 11.1. The molecule has 0 atom stereocenters. The van der Waals surface area contributed by atoms with Crippen molar-refractivity contribution >= 4 is 0 Å². The van der Waals surface area contributed by atoms with Crippen molar-refractivity contribution in [1.82, 2.24) is 4.98 Å². The maximum Gasteiger partial charge on any atom is 0.201 e. The molecular formula is C26H37F2NO. The predicted molar refractivity (Wildman–Crippen MR) is 121 cm³/mol. The molecule has 0 spiro atoms. The molecule has 0 saturated carbocycles. The van der Waals surface area contributed by atoms with Gasteiger partial charge < -0.3 is 4.74 Å². The van der Waals surface area contributed by atoms with Crippen LogP contribution < -0.4 is 4.74 Å². The van der Waals surface area contributed by atoms with Crippen LogP contribution in [0.5, 0.6) is 5.75 Å². The summed E-state index contributed by atoms with van der Waals surface area (Å²) >= 11 is 0. The van der Waals surface area contributed by atoms with Gasteiger partial charge in [-0.25, -0.2) is 4.39 Å². The second-order valence-corrected chi connectivity index (χ2v) is 8.07. The first-order valence-corrected chi connectivity index (χ1v) is 11.7. The van der Waals surface area contributed by atoms with E-state index in [4.69, 9.17) is 4.74 Å². The summed E-state index contributed by atoms with van der Waals surface area (Å²) in [5, 5.41) is 0. The molecule has 0 aliphatic heterocycles. The molecule has 2 aromatic rings. The summed E-state index contributed by atoms with van der Waals surface area (Å²) in [6, 6.07) is 6.80. The van der Waals surface area contributed by atoms with E-state index < -0.39 is 11.6 Å². The van der Waals surface area contributed by atoms with Crippen LogP contribution >= 0.6 is 0 Å². The van der Waals surface area contributed by atoms with Crippen LogP contribution in [0.2, 0.25) is 0 Å². The van der Waals surface area contributed by atoms with Crippen LogP contribution in [-0.4, -0.2) is 11.6 Å². The van der Waals surface area contributed by atoms with E-state index in [1.165, 1.54) is 44.6 Å². The fourth-order valence-electron chi connectivity index (χ4n) is 3.57. The minimum Gasteiger partial charge on any atom is -0.490 e. The van der Waals surface area contributed by atoms with Gasteiger partial charge in [-0.1, -0.05) is 77.7 Å². The molecule has 0 fully saturated rings. The average Bonchev–Trinajstić information content (AvgIpc) is 2.76. The van der Waals surface area contributed by atoms with Crippen molar-refractivity contribution in [2.24, 2.45) is 0 Å². The molecule has 0 amide bonds. The van der Waals surface area contributed by atoms with Crippen LogP contribution in [0.25, 0.3) is 11.3 Å². The highest BCUT2D eigenvalue weighted by molar-refractivity contribution is 5.61. The van der Waals surface area contributed by atoms with E-state index in [1.807, 2.05) is 6.07 Å².